The van der Waals surface area contributed by atoms with Crippen molar-refractivity contribution in [2.24, 2.45) is 0 Å². The molecule has 1 N–H and O–H groups in total. The Balaban J connectivity index is 1.75. The van der Waals surface area contributed by atoms with E-state index in [9.17, 15) is 14.0 Å². The molecule has 0 spiro atoms. The van der Waals surface area contributed by atoms with Crippen molar-refractivity contribution in [2.75, 3.05) is 20.0 Å². The fourth-order valence-corrected chi connectivity index (χ4v) is 4.74. The third-order valence-electron chi connectivity index (χ3n) is 4.74. The Hall–Kier alpha value is -2.74. The van der Waals surface area contributed by atoms with E-state index in [4.69, 9.17) is 9.47 Å². The summed E-state index contributed by atoms with van der Waals surface area (Å²) in [6, 6.07) is 10.8. The van der Waals surface area contributed by atoms with E-state index in [0.29, 0.717) is 17.3 Å². The summed E-state index contributed by atoms with van der Waals surface area (Å²) in [6.07, 6.45) is 0. The maximum Gasteiger partial charge on any atom is 0.243 e. The van der Waals surface area contributed by atoms with Gasteiger partial charge in [0.05, 0.1) is 14.2 Å². The van der Waals surface area contributed by atoms with Crippen LogP contribution in [0, 0.1) is 5.82 Å². The SMILES string of the molecule is COc1ccc([C@H]2SC[C@@H](C(=O)NCc3ccc(F)cc3)N2C(C)=O)cc1OC. The van der Waals surface area contributed by atoms with Crippen LogP contribution >= 0.6 is 11.8 Å². The van der Waals surface area contributed by atoms with Crippen LogP contribution < -0.4 is 14.8 Å². The van der Waals surface area contributed by atoms with Gasteiger partial charge in [-0.05, 0) is 35.4 Å². The molecule has 2 aromatic rings. The number of amides is 2. The number of nitrogens with one attached hydrogen (secondary N) is 1. The summed E-state index contributed by atoms with van der Waals surface area (Å²) in [5, 5.41) is 2.55. The highest BCUT2D eigenvalue weighted by Crippen LogP contribution is 2.43. The van der Waals surface area contributed by atoms with E-state index in [-0.39, 0.29) is 29.6 Å². The van der Waals surface area contributed by atoms with Crippen LogP contribution in [0.4, 0.5) is 4.39 Å². The molecule has 8 heteroatoms. The molecular formula is C21H23FN2O4S. The molecule has 1 aliphatic rings. The van der Waals surface area contributed by atoms with Crippen LogP contribution in [0.15, 0.2) is 42.5 Å². The molecule has 0 radical (unpaired) electrons. The van der Waals surface area contributed by atoms with Crippen LogP contribution in [0.3, 0.4) is 0 Å². The van der Waals surface area contributed by atoms with E-state index in [0.717, 1.165) is 11.1 Å². The topological polar surface area (TPSA) is 67.9 Å². The number of ether oxygens (including phenoxy) is 2. The second-order valence-corrected chi connectivity index (χ2v) is 7.70. The van der Waals surface area contributed by atoms with Gasteiger partial charge in [-0.25, -0.2) is 4.39 Å². The van der Waals surface area contributed by atoms with Crippen molar-refractivity contribution >= 4 is 23.6 Å². The first-order chi connectivity index (χ1) is 13.9. The number of methoxy groups -OCH3 is 2. The fraction of sp³-hybridized carbons (Fsp3) is 0.333. The average molecular weight is 418 g/mol. The van der Waals surface area contributed by atoms with E-state index in [2.05, 4.69) is 5.32 Å². The molecule has 0 aliphatic carbocycles. The summed E-state index contributed by atoms with van der Waals surface area (Å²) in [6.45, 7) is 1.73. The van der Waals surface area contributed by atoms with Crippen LogP contribution in [-0.2, 0) is 16.1 Å². The first-order valence-corrected chi connectivity index (χ1v) is 10.1. The molecule has 2 amide bonds. The number of thioether (sulfide) groups is 1. The summed E-state index contributed by atoms with van der Waals surface area (Å²) in [5.74, 6) is 0.901. The predicted octanol–water partition coefficient (Wildman–Crippen LogP) is 3.12. The van der Waals surface area contributed by atoms with Gasteiger partial charge in [0.25, 0.3) is 0 Å². The quantitative estimate of drug-likeness (QED) is 0.781. The number of halogens is 1. The first-order valence-electron chi connectivity index (χ1n) is 9.09. The summed E-state index contributed by atoms with van der Waals surface area (Å²) < 4.78 is 23.7. The monoisotopic (exact) mass is 418 g/mol. The first kappa shape index (κ1) is 21.0. The number of carbonyl (C=O) groups excluding carboxylic acids is 2. The molecule has 0 unspecified atom stereocenters. The Morgan fingerprint density at radius 2 is 1.83 bits per heavy atom. The van der Waals surface area contributed by atoms with Crippen molar-refractivity contribution in [1.29, 1.82) is 0 Å². The van der Waals surface area contributed by atoms with Gasteiger partial charge < -0.3 is 19.7 Å². The lowest BCUT2D eigenvalue weighted by molar-refractivity contribution is -0.138. The number of hydrogen-bond donors (Lipinski definition) is 1. The minimum atomic E-state index is -0.587. The standard InChI is InChI=1S/C21H23FN2O4S/c1-13(25)24-17(20(26)23-11-14-4-7-16(22)8-5-14)12-29-21(24)15-6-9-18(27-2)19(10-15)28-3/h4-10,17,21H,11-12H2,1-3H3,(H,23,26)/t17-,21+/m0/s1. The Kier molecular flexibility index (Phi) is 6.64. The van der Waals surface area contributed by atoms with Crippen molar-refractivity contribution in [3.05, 3.63) is 59.4 Å². The van der Waals surface area contributed by atoms with E-state index >= 15 is 0 Å². The van der Waals surface area contributed by atoms with Crippen molar-refractivity contribution in [1.82, 2.24) is 10.2 Å². The Morgan fingerprint density at radius 1 is 1.14 bits per heavy atom. The molecule has 3 rings (SSSR count). The van der Waals surface area contributed by atoms with Crippen LogP contribution in [0.25, 0.3) is 0 Å². The van der Waals surface area contributed by atoms with Crippen LogP contribution in [-0.4, -0.2) is 42.7 Å². The maximum atomic E-state index is 13.0. The summed E-state index contributed by atoms with van der Waals surface area (Å²) >= 11 is 1.52. The van der Waals surface area contributed by atoms with Crippen molar-refractivity contribution < 1.29 is 23.5 Å². The number of benzene rings is 2. The second kappa shape index (κ2) is 9.17. The highest BCUT2D eigenvalue weighted by atomic mass is 32.2. The van der Waals surface area contributed by atoms with Crippen molar-refractivity contribution in [2.45, 2.75) is 24.9 Å². The van der Waals surface area contributed by atoms with Gasteiger partial charge in [-0.1, -0.05) is 18.2 Å². The highest BCUT2D eigenvalue weighted by Gasteiger charge is 2.41. The highest BCUT2D eigenvalue weighted by molar-refractivity contribution is 7.99. The van der Waals surface area contributed by atoms with Gasteiger partial charge in [0, 0.05) is 19.2 Å². The lowest BCUT2D eigenvalue weighted by Crippen LogP contribution is -2.47. The minimum absolute atomic E-state index is 0.184. The Bertz CT molecular complexity index is 891. The molecule has 1 saturated heterocycles. The van der Waals surface area contributed by atoms with Crippen molar-refractivity contribution in [3.63, 3.8) is 0 Å². The Morgan fingerprint density at radius 3 is 2.45 bits per heavy atom. The molecular weight excluding hydrogens is 395 g/mol. The predicted molar refractivity (Wildman–Crippen MR) is 109 cm³/mol. The van der Waals surface area contributed by atoms with E-state index < -0.39 is 6.04 Å². The lowest BCUT2D eigenvalue weighted by atomic mass is 10.1. The van der Waals surface area contributed by atoms with Crippen LogP contribution in [0.2, 0.25) is 0 Å². The molecule has 0 aromatic heterocycles. The van der Waals surface area contributed by atoms with Crippen molar-refractivity contribution in [3.8, 4) is 11.5 Å². The molecule has 1 aliphatic heterocycles. The Labute approximate surface area is 173 Å². The maximum absolute atomic E-state index is 13.0. The van der Waals surface area contributed by atoms with E-state index in [1.54, 1.807) is 37.3 Å². The van der Waals surface area contributed by atoms with Crippen LogP contribution in [0.1, 0.15) is 23.4 Å². The van der Waals surface area contributed by atoms with Gasteiger partial charge in [-0.3, -0.25) is 9.59 Å². The number of nitrogens with zero attached hydrogens (tertiary/aromatic N) is 1. The number of carbonyl (C=O) groups is 2. The summed E-state index contributed by atoms with van der Waals surface area (Å²) in [5.41, 5.74) is 1.65. The number of hydrogen-bond acceptors (Lipinski definition) is 5. The zero-order valence-electron chi connectivity index (χ0n) is 16.5. The molecule has 6 nitrogen and oxygen atoms in total. The van der Waals surface area contributed by atoms with Gasteiger partial charge in [-0.2, -0.15) is 0 Å². The van der Waals surface area contributed by atoms with Gasteiger partial charge in [0.1, 0.15) is 17.2 Å². The van der Waals surface area contributed by atoms with E-state index in [1.165, 1.54) is 30.8 Å². The van der Waals surface area contributed by atoms with Gasteiger partial charge >= 0.3 is 0 Å². The molecule has 0 bridgehead atoms. The molecule has 1 fully saturated rings. The van der Waals surface area contributed by atoms with Crippen LogP contribution in [0.5, 0.6) is 11.5 Å². The summed E-state index contributed by atoms with van der Waals surface area (Å²) in [7, 11) is 3.11. The summed E-state index contributed by atoms with van der Waals surface area (Å²) in [4.78, 5) is 26.7. The fourth-order valence-electron chi connectivity index (χ4n) is 3.27. The third-order valence-corrected chi connectivity index (χ3v) is 6.06. The lowest BCUT2D eigenvalue weighted by Gasteiger charge is -2.28. The molecule has 1 heterocycles. The van der Waals surface area contributed by atoms with Gasteiger partial charge in [0.2, 0.25) is 11.8 Å². The van der Waals surface area contributed by atoms with E-state index in [1.807, 2.05) is 12.1 Å². The van der Waals surface area contributed by atoms with Gasteiger partial charge in [-0.15, -0.1) is 11.8 Å². The molecule has 154 valence electrons. The molecule has 29 heavy (non-hydrogen) atoms. The molecule has 2 aromatic carbocycles. The normalized spacial score (nSPS) is 18.4. The molecule has 2 atom stereocenters. The smallest absolute Gasteiger partial charge is 0.243 e. The zero-order valence-corrected chi connectivity index (χ0v) is 17.3. The zero-order chi connectivity index (χ0) is 21.0. The molecule has 0 saturated carbocycles. The van der Waals surface area contributed by atoms with Gasteiger partial charge in [0.15, 0.2) is 11.5 Å². The second-order valence-electron chi connectivity index (χ2n) is 6.59. The minimum Gasteiger partial charge on any atom is -0.493 e. The largest absolute Gasteiger partial charge is 0.493 e. The average Bonchev–Trinajstić information content (AvgIpc) is 3.18. The number of rotatable bonds is 6. The third kappa shape index (κ3) is 4.64.